The fraction of sp³-hybridized carbons (Fsp3) is 0.444. The van der Waals surface area contributed by atoms with Gasteiger partial charge in [0.1, 0.15) is 12.7 Å². The van der Waals surface area contributed by atoms with Crippen molar-refractivity contribution in [3.05, 3.63) is 52.5 Å². The Bertz CT molecular complexity index is 618. The summed E-state index contributed by atoms with van der Waals surface area (Å²) in [4.78, 5) is 18.3. The summed E-state index contributed by atoms with van der Waals surface area (Å²) in [7, 11) is 0. The monoisotopic (exact) mass is 346 g/mol. The van der Waals surface area contributed by atoms with E-state index in [1.807, 2.05) is 11.4 Å². The van der Waals surface area contributed by atoms with Gasteiger partial charge in [0.2, 0.25) is 0 Å². The van der Waals surface area contributed by atoms with E-state index >= 15 is 0 Å². The number of morpholine rings is 1. The van der Waals surface area contributed by atoms with Gasteiger partial charge in [0.25, 0.3) is 0 Å². The Hall–Kier alpha value is -1.76. The Morgan fingerprint density at radius 1 is 1.38 bits per heavy atom. The summed E-state index contributed by atoms with van der Waals surface area (Å²) in [5.74, 6) is -0.186. The Kier molecular flexibility index (Phi) is 6.34. The maximum Gasteiger partial charge on any atom is 0.306 e. The van der Waals surface area contributed by atoms with Crippen LogP contribution in [0.1, 0.15) is 17.0 Å². The second kappa shape index (κ2) is 8.92. The Morgan fingerprint density at radius 2 is 2.25 bits per heavy atom. The number of thiazole rings is 1. The highest BCUT2D eigenvalue weighted by Gasteiger charge is 2.22. The molecule has 1 unspecified atom stereocenters. The molecule has 0 spiro atoms. The van der Waals surface area contributed by atoms with Crippen molar-refractivity contribution in [3.63, 3.8) is 0 Å². The molecule has 0 bridgehead atoms. The summed E-state index contributed by atoms with van der Waals surface area (Å²) < 4.78 is 11.1. The van der Waals surface area contributed by atoms with E-state index in [1.54, 1.807) is 17.5 Å². The molecule has 2 aromatic rings. The van der Waals surface area contributed by atoms with E-state index in [2.05, 4.69) is 34.1 Å². The smallest absolute Gasteiger partial charge is 0.306 e. The number of rotatable bonds is 7. The predicted octanol–water partition coefficient (Wildman–Crippen LogP) is 2.52. The lowest BCUT2D eigenvalue weighted by atomic mass is 10.2. The van der Waals surface area contributed by atoms with Gasteiger partial charge in [-0.25, -0.2) is 4.98 Å². The molecule has 1 fully saturated rings. The first kappa shape index (κ1) is 17.1. The zero-order valence-electron chi connectivity index (χ0n) is 13.6. The summed E-state index contributed by atoms with van der Waals surface area (Å²) in [6, 6.07) is 10.4. The second-order valence-corrected chi connectivity index (χ2v) is 6.80. The van der Waals surface area contributed by atoms with E-state index in [0.717, 1.165) is 24.6 Å². The van der Waals surface area contributed by atoms with Gasteiger partial charge in [0.05, 0.1) is 18.0 Å². The number of ether oxygens (including phenoxy) is 2. The molecular weight excluding hydrogens is 324 g/mol. The van der Waals surface area contributed by atoms with Crippen LogP contribution in [0.25, 0.3) is 0 Å². The van der Waals surface area contributed by atoms with Gasteiger partial charge in [0.15, 0.2) is 0 Å². The number of hydrogen-bond acceptors (Lipinski definition) is 6. The lowest BCUT2D eigenvalue weighted by molar-refractivity contribution is -0.150. The van der Waals surface area contributed by atoms with Gasteiger partial charge in [0, 0.05) is 37.6 Å². The molecule has 0 N–H and O–H groups in total. The number of nitrogens with zero attached hydrogens (tertiary/aromatic N) is 2. The first-order valence-corrected chi connectivity index (χ1v) is 9.09. The number of carbonyl (C=O) groups excluding carboxylic acids is 1. The number of aryl methyl sites for hydroxylation is 1. The average molecular weight is 346 g/mol. The molecule has 6 heteroatoms. The van der Waals surface area contributed by atoms with Gasteiger partial charge in [-0.3, -0.25) is 9.69 Å². The summed E-state index contributed by atoms with van der Waals surface area (Å²) in [6.07, 6.45) is 2.71. The highest BCUT2D eigenvalue weighted by atomic mass is 32.1. The first-order chi connectivity index (χ1) is 11.8. The Labute approximate surface area is 146 Å². The number of esters is 1. The number of benzene rings is 1. The lowest BCUT2D eigenvalue weighted by Crippen LogP contribution is -2.44. The van der Waals surface area contributed by atoms with E-state index in [4.69, 9.17) is 9.47 Å². The SMILES string of the molecule is O=C(CCc1nccs1)OCC1CN(Cc2ccccc2)CCO1. The van der Waals surface area contributed by atoms with Crippen LogP contribution in [0.4, 0.5) is 0 Å². The van der Waals surface area contributed by atoms with Crippen LogP contribution < -0.4 is 0 Å². The highest BCUT2D eigenvalue weighted by Crippen LogP contribution is 2.12. The van der Waals surface area contributed by atoms with Gasteiger partial charge in [-0.1, -0.05) is 30.3 Å². The molecule has 2 heterocycles. The van der Waals surface area contributed by atoms with Crippen molar-refractivity contribution in [3.8, 4) is 0 Å². The first-order valence-electron chi connectivity index (χ1n) is 8.21. The van der Waals surface area contributed by atoms with Crippen molar-refractivity contribution in [2.75, 3.05) is 26.3 Å². The third-order valence-electron chi connectivity index (χ3n) is 3.93. The molecule has 128 valence electrons. The quantitative estimate of drug-likeness (QED) is 0.721. The third kappa shape index (κ3) is 5.40. The van der Waals surface area contributed by atoms with Crippen molar-refractivity contribution < 1.29 is 14.3 Å². The van der Waals surface area contributed by atoms with Crippen LogP contribution in [0.5, 0.6) is 0 Å². The third-order valence-corrected chi connectivity index (χ3v) is 4.77. The normalized spacial score (nSPS) is 18.4. The molecule has 0 amide bonds. The summed E-state index contributed by atoms with van der Waals surface area (Å²) in [6.45, 7) is 3.59. The highest BCUT2D eigenvalue weighted by molar-refractivity contribution is 7.09. The molecule has 0 radical (unpaired) electrons. The molecule has 1 atom stereocenters. The fourth-order valence-corrected chi connectivity index (χ4v) is 3.33. The lowest BCUT2D eigenvalue weighted by Gasteiger charge is -2.32. The molecule has 1 aliphatic rings. The van der Waals surface area contributed by atoms with Crippen molar-refractivity contribution in [1.29, 1.82) is 0 Å². The molecule has 1 aromatic heterocycles. The predicted molar refractivity (Wildman–Crippen MR) is 92.9 cm³/mol. The minimum Gasteiger partial charge on any atom is -0.463 e. The maximum atomic E-state index is 11.8. The zero-order chi connectivity index (χ0) is 16.6. The molecule has 5 nitrogen and oxygen atoms in total. The van der Waals surface area contributed by atoms with Crippen LogP contribution >= 0.6 is 11.3 Å². The van der Waals surface area contributed by atoms with E-state index in [-0.39, 0.29) is 12.1 Å². The maximum absolute atomic E-state index is 11.8. The summed E-state index contributed by atoms with van der Waals surface area (Å²) in [5, 5.41) is 2.88. The van der Waals surface area contributed by atoms with Gasteiger partial charge >= 0.3 is 5.97 Å². The Balaban J connectivity index is 1.38. The van der Waals surface area contributed by atoms with Crippen LogP contribution in [0, 0.1) is 0 Å². The average Bonchev–Trinajstić information content (AvgIpc) is 3.13. The standard InChI is InChI=1S/C18H22N2O3S/c21-18(7-6-17-19-8-11-24-17)23-14-16-13-20(9-10-22-16)12-15-4-2-1-3-5-15/h1-5,8,11,16H,6-7,9-10,12-14H2. The van der Waals surface area contributed by atoms with Crippen LogP contribution in [-0.4, -0.2) is 48.3 Å². The van der Waals surface area contributed by atoms with Gasteiger partial charge < -0.3 is 9.47 Å². The van der Waals surface area contributed by atoms with Crippen molar-refractivity contribution in [2.24, 2.45) is 0 Å². The molecule has 24 heavy (non-hydrogen) atoms. The Morgan fingerprint density at radius 3 is 3.04 bits per heavy atom. The minimum absolute atomic E-state index is 0.0497. The molecule has 1 aliphatic heterocycles. The zero-order valence-corrected chi connectivity index (χ0v) is 14.4. The summed E-state index contributed by atoms with van der Waals surface area (Å²) >= 11 is 1.56. The van der Waals surface area contributed by atoms with Crippen LogP contribution in [0.2, 0.25) is 0 Å². The molecule has 1 saturated heterocycles. The van der Waals surface area contributed by atoms with Crippen molar-refractivity contribution in [2.45, 2.75) is 25.5 Å². The molecule has 3 rings (SSSR count). The van der Waals surface area contributed by atoms with Gasteiger partial charge in [-0.15, -0.1) is 11.3 Å². The van der Waals surface area contributed by atoms with Gasteiger partial charge in [-0.05, 0) is 5.56 Å². The van der Waals surface area contributed by atoms with E-state index < -0.39 is 0 Å². The second-order valence-electron chi connectivity index (χ2n) is 5.82. The number of hydrogen-bond donors (Lipinski definition) is 0. The molecular formula is C18H22N2O3S. The van der Waals surface area contributed by atoms with E-state index in [1.165, 1.54) is 5.56 Å². The van der Waals surface area contributed by atoms with Gasteiger partial charge in [-0.2, -0.15) is 0 Å². The van der Waals surface area contributed by atoms with Crippen LogP contribution in [0.3, 0.4) is 0 Å². The molecule has 1 aromatic carbocycles. The van der Waals surface area contributed by atoms with Crippen molar-refractivity contribution >= 4 is 17.3 Å². The topological polar surface area (TPSA) is 51.7 Å². The van der Waals surface area contributed by atoms with Crippen LogP contribution in [0.15, 0.2) is 41.9 Å². The van der Waals surface area contributed by atoms with E-state index in [9.17, 15) is 4.79 Å². The number of aromatic nitrogens is 1. The van der Waals surface area contributed by atoms with Crippen molar-refractivity contribution in [1.82, 2.24) is 9.88 Å². The largest absolute Gasteiger partial charge is 0.463 e. The fourth-order valence-electron chi connectivity index (χ4n) is 2.71. The molecule has 0 saturated carbocycles. The molecule has 0 aliphatic carbocycles. The number of carbonyl (C=O) groups is 1. The summed E-state index contributed by atoms with van der Waals surface area (Å²) in [5.41, 5.74) is 1.29. The van der Waals surface area contributed by atoms with Crippen LogP contribution in [-0.2, 0) is 27.2 Å². The van der Waals surface area contributed by atoms with E-state index in [0.29, 0.717) is 26.1 Å². The minimum atomic E-state index is -0.186.